The van der Waals surface area contributed by atoms with Crippen LogP contribution in [0.1, 0.15) is 18.4 Å². The van der Waals surface area contributed by atoms with Crippen molar-refractivity contribution in [3.05, 3.63) is 23.8 Å². The number of esters is 1. The summed E-state index contributed by atoms with van der Waals surface area (Å²) < 4.78 is 15.0. The number of benzene rings is 1. The third-order valence-electron chi connectivity index (χ3n) is 2.96. The van der Waals surface area contributed by atoms with Gasteiger partial charge in [-0.05, 0) is 30.9 Å². The van der Waals surface area contributed by atoms with Crippen LogP contribution in [0, 0.1) is 0 Å². The van der Waals surface area contributed by atoms with Gasteiger partial charge in [0.05, 0.1) is 21.3 Å². The summed E-state index contributed by atoms with van der Waals surface area (Å²) in [5, 5.41) is 0. The number of ether oxygens (including phenoxy) is 3. The van der Waals surface area contributed by atoms with Crippen molar-refractivity contribution >= 4 is 5.97 Å². The average molecular weight is 267 g/mol. The average Bonchev–Trinajstić information content (AvgIpc) is 2.46. The number of rotatable bonds is 7. The van der Waals surface area contributed by atoms with Crippen molar-refractivity contribution in [1.29, 1.82) is 0 Å². The highest BCUT2D eigenvalue weighted by Crippen LogP contribution is 2.25. The zero-order valence-corrected chi connectivity index (χ0v) is 11.6. The maximum absolute atomic E-state index is 11.2. The summed E-state index contributed by atoms with van der Waals surface area (Å²) in [7, 11) is 4.58. The third kappa shape index (κ3) is 4.44. The summed E-state index contributed by atoms with van der Waals surface area (Å²) in [6.07, 6.45) is 2.17. The van der Waals surface area contributed by atoms with Gasteiger partial charge in [0.2, 0.25) is 0 Å². The first kappa shape index (κ1) is 15.3. The Morgan fingerprint density at radius 2 is 2.00 bits per heavy atom. The highest BCUT2D eigenvalue weighted by Gasteiger charge is 2.13. The molecule has 0 aliphatic rings. The summed E-state index contributed by atoms with van der Waals surface area (Å²) in [6.45, 7) is 0. The molecule has 2 N–H and O–H groups in total. The second-order valence-corrected chi connectivity index (χ2v) is 4.20. The highest BCUT2D eigenvalue weighted by atomic mass is 16.5. The lowest BCUT2D eigenvalue weighted by molar-refractivity contribution is -0.142. The summed E-state index contributed by atoms with van der Waals surface area (Å²) in [4.78, 5) is 11.2. The number of nitrogens with two attached hydrogens (primary N) is 1. The molecule has 0 heterocycles. The monoisotopic (exact) mass is 267 g/mol. The van der Waals surface area contributed by atoms with E-state index in [2.05, 4.69) is 4.74 Å². The Bertz CT molecular complexity index is 420. The minimum Gasteiger partial charge on any atom is -0.497 e. The molecule has 106 valence electrons. The van der Waals surface area contributed by atoms with Gasteiger partial charge in [-0.25, -0.2) is 0 Å². The molecule has 1 unspecified atom stereocenters. The van der Waals surface area contributed by atoms with Crippen LogP contribution in [0.25, 0.3) is 0 Å². The molecular formula is C14H21NO4. The minimum absolute atomic E-state index is 0.373. The number of hydrogen-bond donors (Lipinski definition) is 1. The summed E-state index contributed by atoms with van der Waals surface area (Å²) in [6, 6.07) is 5.13. The van der Waals surface area contributed by atoms with E-state index in [1.54, 1.807) is 14.2 Å². The lowest BCUT2D eigenvalue weighted by atomic mass is 10.0. The van der Waals surface area contributed by atoms with Crippen molar-refractivity contribution in [2.45, 2.75) is 25.3 Å². The van der Waals surface area contributed by atoms with E-state index in [4.69, 9.17) is 15.2 Å². The van der Waals surface area contributed by atoms with Gasteiger partial charge in [0.1, 0.15) is 17.5 Å². The Hall–Kier alpha value is -1.75. The van der Waals surface area contributed by atoms with Crippen LogP contribution < -0.4 is 15.2 Å². The molecule has 0 saturated carbocycles. The molecule has 5 heteroatoms. The zero-order chi connectivity index (χ0) is 14.3. The first-order chi connectivity index (χ1) is 9.12. The van der Waals surface area contributed by atoms with E-state index in [1.807, 2.05) is 18.2 Å². The second-order valence-electron chi connectivity index (χ2n) is 4.20. The SMILES string of the molecule is COC(=O)C(N)CCCc1ccc(OC)cc1OC. The van der Waals surface area contributed by atoms with Crippen molar-refractivity contribution in [3.63, 3.8) is 0 Å². The van der Waals surface area contributed by atoms with Gasteiger partial charge in [0.15, 0.2) is 0 Å². The summed E-state index contributed by atoms with van der Waals surface area (Å²) in [5.41, 5.74) is 6.75. The van der Waals surface area contributed by atoms with Gasteiger partial charge in [0.25, 0.3) is 0 Å². The molecule has 0 saturated heterocycles. The first-order valence-electron chi connectivity index (χ1n) is 6.16. The fraction of sp³-hybridized carbons (Fsp3) is 0.500. The Morgan fingerprint density at radius 1 is 1.26 bits per heavy atom. The van der Waals surface area contributed by atoms with E-state index in [-0.39, 0.29) is 5.97 Å². The van der Waals surface area contributed by atoms with Crippen LogP contribution in [0.5, 0.6) is 11.5 Å². The number of carbonyl (C=O) groups is 1. The zero-order valence-electron chi connectivity index (χ0n) is 11.6. The predicted molar refractivity (Wildman–Crippen MR) is 72.5 cm³/mol. The Morgan fingerprint density at radius 3 is 2.58 bits per heavy atom. The lowest BCUT2D eigenvalue weighted by Gasteiger charge is -2.12. The molecule has 0 aliphatic heterocycles. The fourth-order valence-electron chi connectivity index (χ4n) is 1.84. The topological polar surface area (TPSA) is 70.8 Å². The molecule has 1 aromatic rings. The molecule has 0 amide bonds. The van der Waals surface area contributed by atoms with Crippen molar-refractivity contribution in [2.75, 3.05) is 21.3 Å². The Kier molecular flexibility index (Phi) is 6.15. The summed E-state index contributed by atoms with van der Waals surface area (Å²) >= 11 is 0. The smallest absolute Gasteiger partial charge is 0.322 e. The number of carbonyl (C=O) groups excluding carboxylic acids is 1. The molecule has 1 rings (SSSR count). The van der Waals surface area contributed by atoms with Gasteiger partial charge in [-0.15, -0.1) is 0 Å². The van der Waals surface area contributed by atoms with E-state index < -0.39 is 6.04 Å². The third-order valence-corrected chi connectivity index (χ3v) is 2.96. The molecule has 1 atom stereocenters. The van der Waals surface area contributed by atoms with Crippen LogP contribution in [0.2, 0.25) is 0 Å². The largest absolute Gasteiger partial charge is 0.497 e. The molecule has 0 aromatic heterocycles. The lowest BCUT2D eigenvalue weighted by Crippen LogP contribution is -2.31. The molecule has 19 heavy (non-hydrogen) atoms. The van der Waals surface area contributed by atoms with Gasteiger partial charge >= 0.3 is 5.97 Å². The maximum Gasteiger partial charge on any atom is 0.322 e. The second kappa shape index (κ2) is 7.63. The van der Waals surface area contributed by atoms with E-state index in [9.17, 15) is 4.79 Å². The van der Waals surface area contributed by atoms with Crippen LogP contribution >= 0.6 is 0 Å². The van der Waals surface area contributed by atoms with Crippen LogP contribution in [0.15, 0.2) is 18.2 Å². The van der Waals surface area contributed by atoms with Crippen LogP contribution in [-0.2, 0) is 16.0 Å². The molecular weight excluding hydrogens is 246 g/mol. The number of hydrogen-bond acceptors (Lipinski definition) is 5. The fourth-order valence-corrected chi connectivity index (χ4v) is 1.84. The molecule has 0 aliphatic carbocycles. The van der Waals surface area contributed by atoms with E-state index >= 15 is 0 Å². The van der Waals surface area contributed by atoms with Gasteiger partial charge in [-0.3, -0.25) is 4.79 Å². The van der Waals surface area contributed by atoms with Crippen molar-refractivity contribution in [3.8, 4) is 11.5 Å². The van der Waals surface area contributed by atoms with Crippen LogP contribution in [0.3, 0.4) is 0 Å². The molecule has 0 spiro atoms. The summed E-state index contributed by atoms with van der Waals surface area (Å²) in [5.74, 6) is 1.17. The molecule has 0 bridgehead atoms. The predicted octanol–water partition coefficient (Wildman–Crippen LogP) is 1.53. The molecule has 1 aromatic carbocycles. The first-order valence-corrected chi connectivity index (χ1v) is 6.16. The normalized spacial score (nSPS) is 11.8. The minimum atomic E-state index is -0.561. The molecule has 0 fully saturated rings. The van der Waals surface area contributed by atoms with Gasteiger partial charge in [-0.2, -0.15) is 0 Å². The Balaban J connectivity index is 2.55. The van der Waals surface area contributed by atoms with Crippen molar-refractivity contribution < 1.29 is 19.0 Å². The van der Waals surface area contributed by atoms with Gasteiger partial charge < -0.3 is 19.9 Å². The van der Waals surface area contributed by atoms with Gasteiger partial charge in [0, 0.05) is 6.07 Å². The number of methoxy groups -OCH3 is 3. The Labute approximate surface area is 113 Å². The van der Waals surface area contributed by atoms with E-state index in [1.165, 1.54) is 7.11 Å². The number of aryl methyl sites for hydroxylation is 1. The highest BCUT2D eigenvalue weighted by molar-refractivity contribution is 5.75. The molecule has 0 radical (unpaired) electrons. The van der Waals surface area contributed by atoms with E-state index in [0.29, 0.717) is 6.42 Å². The van der Waals surface area contributed by atoms with Crippen molar-refractivity contribution in [1.82, 2.24) is 0 Å². The van der Waals surface area contributed by atoms with Gasteiger partial charge in [-0.1, -0.05) is 6.07 Å². The van der Waals surface area contributed by atoms with Crippen molar-refractivity contribution in [2.24, 2.45) is 5.73 Å². The quantitative estimate of drug-likeness (QED) is 0.758. The molecule has 5 nitrogen and oxygen atoms in total. The van der Waals surface area contributed by atoms with E-state index in [0.717, 1.165) is 29.9 Å². The van der Waals surface area contributed by atoms with Crippen LogP contribution in [-0.4, -0.2) is 33.3 Å². The van der Waals surface area contributed by atoms with Crippen LogP contribution in [0.4, 0.5) is 0 Å². The maximum atomic E-state index is 11.2. The standard InChI is InChI=1S/C14H21NO4/c1-17-11-8-7-10(13(9-11)18-2)5-4-6-12(15)14(16)19-3/h7-9,12H,4-6,15H2,1-3H3.